The summed E-state index contributed by atoms with van der Waals surface area (Å²) in [7, 11) is 0. The molecule has 0 heterocycles. The van der Waals surface area contributed by atoms with E-state index in [0.717, 1.165) is 25.7 Å². The largest absolute Gasteiger partial charge is 0.444 e. The van der Waals surface area contributed by atoms with Crippen LogP contribution in [0.5, 0.6) is 0 Å². The minimum Gasteiger partial charge on any atom is -0.444 e. The van der Waals surface area contributed by atoms with Gasteiger partial charge in [-0.05, 0) is 51.9 Å². The molecule has 2 N–H and O–H groups in total. The van der Waals surface area contributed by atoms with E-state index in [1.54, 1.807) is 0 Å². The number of carbonyl (C=O) groups is 1. The van der Waals surface area contributed by atoms with E-state index in [1.807, 2.05) is 20.8 Å². The first-order valence-electron chi connectivity index (χ1n) is 7.14. The second-order valence-electron chi connectivity index (χ2n) is 6.80. The van der Waals surface area contributed by atoms with Crippen molar-refractivity contribution in [3.8, 4) is 0 Å². The Balaban J connectivity index is 1.78. The van der Waals surface area contributed by atoms with E-state index in [4.69, 9.17) is 4.74 Å². The fourth-order valence-corrected chi connectivity index (χ4v) is 3.06. The minimum atomic E-state index is -0.446. The molecule has 19 heavy (non-hydrogen) atoms. The van der Waals surface area contributed by atoms with Gasteiger partial charge in [0.2, 0.25) is 0 Å². The number of amides is 1. The van der Waals surface area contributed by atoms with Crippen LogP contribution in [0.3, 0.4) is 0 Å². The number of nitrogens with one attached hydrogen (secondary N) is 1. The van der Waals surface area contributed by atoms with Crippen LogP contribution in [-0.4, -0.2) is 29.4 Å². The first-order valence-corrected chi connectivity index (χ1v) is 7.14. The highest BCUT2D eigenvalue weighted by atomic mass is 16.6. The monoisotopic (exact) mass is 267 g/mol. The highest BCUT2D eigenvalue weighted by Gasteiger charge is 2.43. The third kappa shape index (κ3) is 3.30. The molecule has 2 aliphatic carbocycles. The summed E-state index contributed by atoms with van der Waals surface area (Å²) < 4.78 is 5.27. The molecule has 0 aromatic rings. The van der Waals surface area contributed by atoms with Crippen LogP contribution in [0, 0.1) is 11.3 Å². The Morgan fingerprint density at radius 2 is 2.05 bits per heavy atom. The molecule has 0 aromatic heterocycles. The molecule has 1 spiro atoms. The van der Waals surface area contributed by atoms with Crippen molar-refractivity contribution in [1.82, 2.24) is 5.32 Å². The van der Waals surface area contributed by atoms with Crippen molar-refractivity contribution >= 4 is 6.09 Å². The molecule has 1 atom stereocenters. The van der Waals surface area contributed by atoms with Crippen LogP contribution in [-0.2, 0) is 4.74 Å². The van der Waals surface area contributed by atoms with Gasteiger partial charge in [-0.1, -0.05) is 12.2 Å². The van der Waals surface area contributed by atoms with Gasteiger partial charge in [0, 0.05) is 12.0 Å². The lowest BCUT2D eigenvalue weighted by Crippen LogP contribution is -2.46. The maximum atomic E-state index is 11.7. The summed E-state index contributed by atoms with van der Waals surface area (Å²) >= 11 is 0. The predicted octanol–water partition coefficient (Wildman–Crippen LogP) is 2.62. The zero-order valence-corrected chi connectivity index (χ0v) is 12.1. The first-order chi connectivity index (χ1) is 8.85. The standard InChI is InChI=1S/C15H25NO3/c1-14(2,3)19-13(18)16-12-5-8-15(9-6-12)7-4-11(15)10-17/h4,7,11-12,17H,5-6,8-10H2,1-3H3,(H,16,18)/t11-,12?,15?/m1/s1. The SMILES string of the molecule is CC(C)(C)OC(=O)NC1CCC2(C=C[C@@H]2CO)CC1. The second-order valence-corrected chi connectivity index (χ2v) is 6.80. The molecule has 2 rings (SSSR count). The lowest BCUT2D eigenvalue weighted by molar-refractivity contribution is 0.0436. The average Bonchev–Trinajstić information content (AvgIpc) is 2.26. The van der Waals surface area contributed by atoms with Crippen LogP contribution < -0.4 is 5.32 Å². The number of hydrogen-bond donors (Lipinski definition) is 2. The minimum absolute atomic E-state index is 0.195. The molecule has 0 saturated heterocycles. The molecule has 0 bridgehead atoms. The lowest BCUT2D eigenvalue weighted by Gasteiger charge is -2.47. The number of aliphatic hydroxyl groups excluding tert-OH is 1. The Kier molecular flexibility index (Phi) is 3.90. The summed E-state index contributed by atoms with van der Waals surface area (Å²) in [6.07, 6.45) is 8.00. The van der Waals surface area contributed by atoms with Gasteiger partial charge in [0.15, 0.2) is 0 Å². The van der Waals surface area contributed by atoms with Crippen molar-refractivity contribution < 1.29 is 14.6 Å². The summed E-state index contributed by atoms with van der Waals surface area (Å²) in [4.78, 5) is 11.7. The van der Waals surface area contributed by atoms with E-state index in [2.05, 4.69) is 17.5 Å². The molecule has 108 valence electrons. The van der Waals surface area contributed by atoms with Crippen molar-refractivity contribution in [2.45, 2.75) is 58.1 Å². The van der Waals surface area contributed by atoms with Crippen molar-refractivity contribution in [3.63, 3.8) is 0 Å². The maximum absolute atomic E-state index is 11.7. The van der Waals surface area contributed by atoms with Crippen molar-refractivity contribution in [1.29, 1.82) is 0 Å². The first kappa shape index (κ1) is 14.4. The molecule has 1 fully saturated rings. The Labute approximate surface area is 115 Å². The van der Waals surface area contributed by atoms with Crippen LogP contribution in [0.2, 0.25) is 0 Å². The molecule has 2 aliphatic rings. The zero-order chi connectivity index (χ0) is 14.1. The fraction of sp³-hybridized carbons (Fsp3) is 0.800. The van der Waals surface area contributed by atoms with E-state index in [9.17, 15) is 9.90 Å². The zero-order valence-electron chi connectivity index (χ0n) is 12.1. The molecule has 0 radical (unpaired) electrons. The summed E-state index contributed by atoms with van der Waals surface area (Å²) in [6, 6.07) is 0.203. The topological polar surface area (TPSA) is 58.6 Å². The summed E-state index contributed by atoms with van der Waals surface area (Å²) in [6.45, 7) is 5.84. The van der Waals surface area contributed by atoms with Crippen LogP contribution >= 0.6 is 0 Å². The van der Waals surface area contributed by atoms with Gasteiger partial charge >= 0.3 is 6.09 Å². The third-order valence-corrected chi connectivity index (χ3v) is 4.23. The van der Waals surface area contributed by atoms with Crippen LogP contribution in [0.4, 0.5) is 4.79 Å². The van der Waals surface area contributed by atoms with Gasteiger partial charge in [0.1, 0.15) is 5.60 Å². The Bertz CT molecular complexity index is 362. The molecule has 4 nitrogen and oxygen atoms in total. The molecule has 0 aliphatic heterocycles. The Morgan fingerprint density at radius 3 is 2.47 bits per heavy atom. The van der Waals surface area contributed by atoms with Gasteiger partial charge in [0.05, 0.1) is 6.61 Å². The molecule has 1 saturated carbocycles. The molecule has 0 unspecified atom stereocenters. The van der Waals surface area contributed by atoms with Crippen molar-refractivity contribution in [2.75, 3.05) is 6.61 Å². The number of carbonyl (C=O) groups excluding carboxylic acids is 1. The second kappa shape index (κ2) is 5.16. The van der Waals surface area contributed by atoms with E-state index < -0.39 is 5.60 Å². The van der Waals surface area contributed by atoms with Gasteiger partial charge in [-0.15, -0.1) is 0 Å². The lowest BCUT2D eigenvalue weighted by atomic mass is 9.59. The van der Waals surface area contributed by atoms with Crippen LogP contribution in [0.1, 0.15) is 46.5 Å². The van der Waals surface area contributed by atoms with Crippen molar-refractivity contribution in [3.05, 3.63) is 12.2 Å². The summed E-state index contributed by atoms with van der Waals surface area (Å²) in [5.41, 5.74) is -0.250. The summed E-state index contributed by atoms with van der Waals surface area (Å²) in [5, 5.41) is 12.2. The van der Waals surface area contributed by atoms with Gasteiger partial charge < -0.3 is 15.2 Å². The Morgan fingerprint density at radius 1 is 1.42 bits per heavy atom. The summed E-state index contributed by atoms with van der Waals surface area (Å²) in [5.74, 6) is 0.315. The number of allylic oxidation sites excluding steroid dienone is 1. The molecular formula is C15H25NO3. The normalized spacial score (nSPS) is 33.9. The average molecular weight is 267 g/mol. The van der Waals surface area contributed by atoms with Gasteiger partial charge in [-0.3, -0.25) is 0 Å². The Hall–Kier alpha value is -1.03. The molecule has 0 aromatic carbocycles. The van der Waals surface area contributed by atoms with E-state index >= 15 is 0 Å². The number of rotatable bonds is 2. The molecule has 1 amide bonds. The molecular weight excluding hydrogens is 242 g/mol. The number of ether oxygens (including phenoxy) is 1. The number of aliphatic hydroxyl groups is 1. The quantitative estimate of drug-likeness (QED) is 0.756. The van der Waals surface area contributed by atoms with Crippen molar-refractivity contribution in [2.24, 2.45) is 11.3 Å². The van der Waals surface area contributed by atoms with E-state index in [1.165, 1.54) is 0 Å². The van der Waals surface area contributed by atoms with Gasteiger partial charge in [-0.25, -0.2) is 4.79 Å². The highest BCUT2D eigenvalue weighted by Crippen LogP contribution is 2.50. The van der Waals surface area contributed by atoms with Gasteiger partial charge in [-0.2, -0.15) is 0 Å². The highest BCUT2D eigenvalue weighted by molar-refractivity contribution is 5.68. The fourth-order valence-electron chi connectivity index (χ4n) is 3.06. The van der Waals surface area contributed by atoms with Crippen LogP contribution in [0.25, 0.3) is 0 Å². The molecule has 4 heteroatoms. The smallest absolute Gasteiger partial charge is 0.407 e. The third-order valence-electron chi connectivity index (χ3n) is 4.23. The maximum Gasteiger partial charge on any atom is 0.407 e. The van der Waals surface area contributed by atoms with Gasteiger partial charge in [0.25, 0.3) is 0 Å². The van der Waals surface area contributed by atoms with Crippen LogP contribution in [0.15, 0.2) is 12.2 Å². The number of hydrogen-bond acceptors (Lipinski definition) is 3. The predicted molar refractivity (Wildman–Crippen MR) is 73.8 cm³/mol. The number of alkyl carbamates (subject to hydrolysis) is 1. The van der Waals surface area contributed by atoms with E-state index in [-0.39, 0.29) is 24.2 Å². The van der Waals surface area contributed by atoms with E-state index in [0.29, 0.717) is 5.92 Å².